The normalized spacial score (nSPS) is 13.2. The molecule has 0 radical (unpaired) electrons. The summed E-state index contributed by atoms with van der Waals surface area (Å²) in [5.74, 6) is 2.91. The molecule has 0 aliphatic carbocycles. The zero-order chi connectivity index (χ0) is 19.5. The first-order valence-electron chi connectivity index (χ1n) is 8.88. The molecule has 8 nitrogen and oxygen atoms in total. The van der Waals surface area contributed by atoms with Gasteiger partial charge in [-0.15, -0.1) is 10.2 Å². The molecule has 9 heteroatoms. The molecule has 0 atom stereocenters. The van der Waals surface area contributed by atoms with Gasteiger partial charge in [0.15, 0.2) is 22.5 Å². The van der Waals surface area contributed by atoms with Gasteiger partial charge in [0.05, 0.1) is 30.8 Å². The largest absolute Gasteiger partial charge is 0.490 e. The summed E-state index contributed by atoms with van der Waals surface area (Å²) in [6.45, 7) is 3.11. The van der Waals surface area contributed by atoms with Gasteiger partial charge in [-0.2, -0.15) is 0 Å². The van der Waals surface area contributed by atoms with Crippen molar-refractivity contribution in [2.45, 2.75) is 18.5 Å². The maximum Gasteiger partial charge on any atom is 0.234 e. The molecule has 4 rings (SSSR count). The summed E-state index contributed by atoms with van der Waals surface area (Å²) in [4.78, 5) is 12.3. The Kier molecular flexibility index (Phi) is 5.25. The minimum Gasteiger partial charge on any atom is -0.490 e. The number of hydrogen-bond acceptors (Lipinski definition) is 7. The number of thioether (sulfide) groups is 1. The van der Waals surface area contributed by atoms with Crippen molar-refractivity contribution in [3.8, 4) is 22.9 Å². The summed E-state index contributed by atoms with van der Waals surface area (Å²) >= 11 is 1.32. The molecule has 1 aromatic carbocycles. The van der Waals surface area contributed by atoms with Crippen LogP contribution < -0.4 is 14.8 Å². The summed E-state index contributed by atoms with van der Waals surface area (Å²) in [6, 6.07) is 7.25. The van der Waals surface area contributed by atoms with Crippen molar-refractivity contribution in [2.75, 3.05) is 24.3 Å². The number of nitrogens with zero attached hydrogens (tertiary/aromatic N) is 3. The van der Waals surface area contributed by atoms with Crippen molar-refractivity contribution in [3.05, 3.63) is 36.3 Å². The van der Waals surface area contributed by atoms with Crippen LogP contribution in [0, 0.1) is 6.92 Å². The Morgan fingerprint density at radius 1 is 1.21 bits per heavy atom. The average Bonchev–Trinajstić information content (AvgIpc) is 3.17. The second kappa shape index (κ2) is 7.97. The Bertz CT molecular complexity index is 998. The van der Waals surface area contributed by atoms with E-state index in [0.717, 1.165) is 17.7 Å². The minimum atomic E-state index is -0.136. The number of ether oxygens (including phenoxy) is 2. The molecule has 1 aliphatic rings. The van der Waals surface area contributed by atoms with Crippen molar-refractivity contribution in [1.29, 1.82) is 0 Å². The van der Waals surface area contributed by atoms with Crippen LogP contribution in [0.2, 0.25) is 0 Å². The summed E-state index contributed by atoms with van der Waals surface area (Å²) in [7, 11) is 1.87. The monoisotopic (exact) mass is 400 g/mol. The predicted octanol–water partition coefficient (Wildman–Crippen LogP) is 3.28. The molecule has 0 spiro atoms. The third-order valence-corrected chi connectivity index (χ3v) is 5.32. The van der Waals surface area contributed by atoms with E-state index in [1.165, 1.54) is 11.8 Å². The molecule has 146 valence electrons. The van der Waals surface area contributed by atoms with Crippen LogP contribution in [0.5, 0.6) is 11.5 Å². The molecule has 0 saturated carbocycles. The van der Waals surface area contributed by atoms with Crippen molar-refractivity contribution in [1.82, 2.24) is 14.8 Å². The molecule has 0 saturated heterocycles. The molecule has 0 fully saturated rings. The van der Waals surface area contributed by atoms with Crippen LogP contribution >= 0.6 is 11.8 Å². The van der Waals surface area contributed by atoms with Gasteiger partial charge in [0.25, 0.3) is 0 Å². The quantitative estimate of drug-likeness (QED) is 0.657. The second-order valence-corrected chi connectivity index (χ2v) is 7.25. The number of carbonyl (C=O) groups is 1. The van der Waals surface area contributed by atoms with Crippen molar-refractivity contribution in [3.63, 3.8) is 0 Å². The Morgan fingerprint density at radius 3 is 2.82 bits per heavy atom. The fourth-order valence-corrected chi connectivity index (χ4v) is 3.57. The van der Waals surface area contributed by atoms with Crippen LogP contribution in [-0.2, 0) is 11.8 Å². The minimum absolute atomic E-state index is 0.136. The van der Waals surface area contributed by atoms with Crippen molar-refractivity contribution in [2.24, 2.45) is 7.05 Å². The number of rotatable bonds is 5. The van der Waals surface area contributed by atoms with Gasteiger partial charge in [0.1, 0.15) is 5.76 Å². The SMILES string of the molecule is Cc1occc1-c1nnc(SCC(=O)Nc2ccc3c(c2)OCCCO3)n1C. The number of hydrogen-bond donors (Lipinski definition) is 1. The van der Waals surface area contributed by atoms with Gasteiger partial charge < -0.3 is 23.8 Å². The van der Waals surface area contributed by atoms with Crippen molar-refractivity contribution >= 4 is 23.4 Å². The lowest BCUT2D eigenvalue weighted by molar-refractivity contribution is -0.113. The van der Waals surface area contributed by atoms with E-state index in [4.69, 9.17) is 13.9 Å². The zero-order valence-corrected chi connectivity index (χ0v) is 16.4. The second-order valence-electron chi connectivity index (χ2n) is 6.30. The molecular weight excluding hydrogens is 380 g/mol. The smallest absolute Gasteiger partial charge is 0.234 e. The van der Waals surface area contributed by atoms with E-state index in [1.54, 1.807) is 18.4 Å². The molecule has 1 amide bonds. The standard InChI is InChI=1S/C19H20N4O4S/c1-12-14(6-9-25-12)18-21-22-19(23(18)2)28-11-17(24)20-13-4-5-15-16(10-13)27-8-3-7-26-15/h4-6,9-10H,3,7-8,11H2,1-2H3,(H,20,24). The maximum atomic E-state index is 12.3. The number of aryl methyl sites for hydroxylation is 1. The van der Waals surface area contributed by atoms with Gasteiger partial charge in [-0.25, -0.2) is 0 Å². The molecule has 3 heterocycles. The summed E-state index contributed by atoms with van der Waals surface area (Å²) in [5, 5.41) is 11.9. The highest BCUT2D eigenvalue weighted by molar-refractivity contribution is 7.99. The van der Waals surface area contributed by atoms with E-state index in [2.05, 4.69) is 15.5 Å². The van der Waals surface area contributed by atoms with Crippen LogP contribution in [0.15, 0.2) is 40.1 Å². The fraction of sp³-hybridized carbons (Fsp3) is 0.316. The molecule has 2 aromatic heterocycles. The van der Waals surface area contributed by atoms with Gasteiger partial charge >= 0.3 is 0 Å². The number of anilines is 1. The lowest BCUT2D eigenvalue weighted by atomic mass is 10.2. The highest BCUT2D eigenvalue weighted by atomic mass is 32.2. The first kappa shape index (κ1) is 18.4. The number of fused-ring (bicyclic) bond motifs is 1. The zero-order valence-electron chi connectivity index (χ0n) is 15.6. The van der Waals surface area contributed by atoms with Gasteiger partial charge in [-0.3, -0.25) is 4.79 Å². The highest BCUT2D eigenvalue weighted by Crippen LogP contribution is 2.32. The lowest BCUT2D eigenvalue weighted by Gasteiger charge is -2.10. The van der Waals surface area contributed by atoms with E-state index in [0.29, 0.717) is 41.4 Å². The Hall–Kier alpha value is -2.94. The van der Waals surface area contributed by atoms with E-state index in [1.807, 2.05) is 30.7 Å². The average molecular weight is 400 g/mol. The van der Waals surface area contributed by atoms with Crippen LogP contribution in [-0.4, -0.2) is 39.6 Å². The fourth-order valence-electron chi connectivity index (χ4n) is 2.86. The van der Waals surface area contributed by atoms with Crippen LogP contribution in [0.25, 0.3) is 11.4 Å². The van der Waals surface area contributed by atoms with E-state index in [9.17, 15) is 4.79 Å². The maximum absolute atomic E-state index is 12.3. The molecule has 1 N–H and O–H groups in total. The first-order chi connectivity index (χ1) is 13.6. The molecular formula is C19H20N4O4S. The third kappa shape index (κ3) is 3.84. The van der Waals surface area contributed by atoms with Gasteiger partial charge in [0.2, 0.25) is 5.91 Å². The van der Waals surface area contributed by atoms with Gasteiger partial charge in [0, 0.05) is 25.2 Å². The number of benzene rings is 1. The number of amides is 1. The first-order valence-corrected chi connectivity index (χ1v) is 9.86. The summed E-state index contributed by atoms with van der Waals surface area (Å²) in [6.07, 6.45) is 2.46. The van der Waals surface area contributed by atoms with Crippen molar-refractivity contribution < 1.29 is 18.7 Å². The van der Waals surface area contributed by atoms with Gasteiger partial charge in [-0.05, 0) is 25.1 Å². The number of aromatic nitrogens is 3. The van der Waals surface area contributed by atoms with Crippen LogP contribution in [0.4, 0.5) is 5.69 Å². The van der Waals surface area contributed by atoms with E-state index in [-0.39, 0.29) is 11.7 Å². The highest BCUT2D eigenvalue weighted by Gasteiger charge is 2.16. The van der Waals surface area contributed by atoms with E-state index >= 15 is 0 Å². The Morgan fingerprint density at radius 2 is 2.04 bits per heavy atom. The third-order valence-electron chi connectivity index (χ3n) is 4.30. The number of nitrogens with one attached hydrogen (secondary N) is 1. The van der Waals surface area contributed by atoms with Crippen LogP contribution in [0.3, 0.4) is 0 Å². The van der Waals surface area contributed by atoms with E-state index < -0.39 is 0 Å². The topological polar surface area (TPSA) is 91.4 Å². The molecule has 0 bridgehead atoms. The summed E-state index contributed by atoms with van der Waals surface area (Å²) < 4.78 is 18.4. The Balaban J connectivity index is 1.38. The predicted molar refractivity (Wildman–Crippen MR) is 105 cm³/mol. The Labute approximate surface area is 166 Å². The van der Waals surface area contributed by atoms with Gasteiger partial charge in [-0.1, -0.05) is 11.8 Å². The number of carbonyl (C=O) groups excluding carboxylic acids is 1. The molecule has 3 aromatic rings. The van der Waals surface area contributed by atoms with Crippen LogP contribution in [0.1, 0.15) is 12.2 Å². The number of furan rings is 1. The molecule has 0 unspecified atom stereocenters. The summed E-state index contributed by atoms with van der Waals surface area (Å²) in [5.41, 5.74) is 1.56. The molecule has 1 aliphatic heterocycles. The molecule has 28 heavy (non-hydrogen) atoms. The lowest BCUT2D eigenvalue weighted by Crippen LogP contribution is -2.14.